The third-order valence-electron chi connectivity index (χ3n) is 4.27. The molecule has 1 fully saturated rings. The molecular weight excluding hydrogens is 284 g/mol. The van der Waals surface area contributed by atoms with Crippen molar-refractivity contribution in [1.82, 2.24) is 10.3 Å². The van der Waals surface area contributed by atoms with Crippen LogP contribution in [0.3, 0.4) is 0 Å². The first-order chi connectivity index (χ1) is 10.0. The molecule has 1 aromatic rings. The van der Waals surface area contributed by atoms with Crippen LogP contribution in [0.4, 0.5) is 0 Å². The van der Waals surface area contributed by atoms with Crippen LogP contribution < -0.4 is 5.32 Å². The zero-order valence-electron chi connectivity index (χ0n) is 13.0. The molecule has 2 atom stereocenters. The molecule has 0 radical (unpaired) electrons. The van der Waals surface area contributed by atoms with Gasteiger partial charge in [0.2, 0.25) is 0 Å². The summed E-state index contributed by atoms with van der Waals surface area (Å²) in [7, 11) is -2.98. The van der Waals surface area contributed by atoms with E-state index in [9.17, 15) is 8.42 Å². The lowest BCUT2D eigenvalue weighted by atomic mass is 10.00. The largest absolute Gasteiger partial charge is 0.312 e. The van der Waals surface area contributed by atoms with Crippen molar-refractivity contribution in [3.63, 3.8) is 0 Å². The number of rotatable bonds is 6. The second-order valence-corrected chi connectivity index (χ2v) is 8.27. The molecule has 118 valence electrons. The fourth-order valence-corrected chi connectivity index (χ4v) is 5.16. The minimum atomic E-state index is -2.98. The van der Waals surface area contributed by atoms with E-state index in [-0.39, 0.29) is 11.3 Å². The predicted molar refractivity (Wildman–Crippen MR) is 86.2 cm³/mol. The van der Waals surface area contributed by atoms with Crippen LogP contribution in [0.15, 0.2) is 18.3 Å². The Morgan fingerprint density at radius 2 is 2.24 bits per heavy atom. The summed E-state index contributed by atoms with van der Waals surface area (Å²) in [6, 6.07) is 3.93. The fraction of sp³-hybridized carbons (Fsp3) is 0.688. The molecule has 1 aliphatic rings. The smallest absolute Gasteiger partial charge is 0.154 e. The van der Waals surface area contributed by atoms with Crippen LogP contribution in [0.25, 0.3) is 0 Å². The second-order valence-electron chi connectivity index (χ2n) is 5.93. The van der Waals surface area contributed by atoms with E-state index in [1.54, 1.807) is 6.20 Å². The maximum atomic E-state index is 12.4. The van der Waals surface area contributed by atoms with Gasteiger partial charge >= 0.3 is 0 Å². The van der Waals surface area contributed by atoms with Crippen LogP contribution in [-0.4, -0.2) is 37.0 Å². The monoisotopic (exact) mass is 310 g/mol. The minimum Gasteiger partial charge on any atom is -0.312 e. The first kappa shape index (κ1) is 16.4. The van der Waals surface area contributed by atoms with E-state index in [4.69, 9.17) is 0 Å². The summed E-state index contributed by atoms with van der Waals surface area (Å²) in [6.07, 6.45) is 6.07. The quantitative estimate of drug-likeness (QED) is 0.875. The Kier molecular flexibility index (Phi) is 5.76. The minimum absolute atomic E-state index is 0.0242. The summed E-state index contributed by atoms with van der Waals surface area (Å²) < 4.78 is 24.8. The van der Waals surface area contributed by atoms with Gasteiger partial charge in [-0.15, -0.1) is 0 Å². The van der Waals surface area contributed by atoms with Gasteiger partial charge in [0.25, 0.3) is 0 Å². The van der Waals surface area contributed by atoms with Gasteiger partial charge in [0.05, 0.1) is 11.0 Å². The average molecular weight is 310 g/mol. The molecule has 5 heteroatoms. The van der Waals surface area contributed by atoms with Gasteiger partial charge in [-0.25, -0.2) is 8.42 Å². The number of nitrogens with one attached hydrogen (secondary N) is 1. The van der Waals surface area contributed by atoms with Crippen LogP contribution in [0.1, 0.15) is 43.9 Å². The van der Waals surface area contributed by atoms with Crippen molar-refractivity contribution >= 4 is 9.84 Å². The molecule has 0 aliphatic carbocycles. The van der Waals surface area contributed by atoms with Gasteiger partial charge in [0, 0.05) is 24.4 Å². The molecule has 1 saturated heterocycles. The number of sulfone groups is 1. The Hall–Kier alpha value is -0.940. The Balaban J connectivity index is 2.19. The molecule has 0 bridgehead atoms. The molecule has 1 N–H and O–H groups in total. The summed E-state index contributed by atoms with van der Waals surface area (Å²) in [5, 5.41) is 3.19. The number of aromatic nitrogens is 1. The maximum absolute atomic E-state index is 12.4. The second kappa shape index (κ2) is 7.36. The Morgan fingerprint density at radius 1 is 1.43 bits per heavy atom. The predicted octanol–water partition coefficient (Wildman–Crippen LogP) is 2.27. The molecule has 21 heavy (non-hydrogen) atoms. The van der Waals surface area contributed by atoms with E-state index >= 15 is 0 Å². The Labute approximate surface area is 128 Å². The zero-order chi connectivity index (χ0) is 15.3. The van der Waals surface area contributed by atoms with Crippen LogP contribution in [0.5, 0.6) is 0 Å². The molecule has 0 saturated carbocycles. The molecule has 0 amide bonds. The lowest BCUT2D eigenvalue weighted by Gasteiger charge is -2.31. The van der Waals surface area contributed by atoms with Gasteiger partial charge in [-0.3, -0.25) is 4.98 Å². The van der Waals surface area contributed by atoms with Crippen molar-refractivity contribution in [1.29, 1.82) is 0 Å². The van der Waals surface area contributed by atoms with Crippen LogP contribution in [0, 0.1) is 6.92 Å². The Morgan fingerprint density at radius 3 is 2.90 bits per heavy atom. The van der Waals surface area contributed by atoms with E-state index in [0.29, 0.717) is 12.2 Å². The third-order valence-corrected chi connectivity index (χ3v) is 6.61. The van der Waals surface area contributed by atoms with Gasteiger partial charge in [0.1, 0.15) is 0 Å². The standard InChI is InChI=1S/C16H26N2O2S/c1-3-9-17-15(12-14-13(2)7-6-10-18-14)16-8-4-5-11-21(16,19)20/h6-7,10,15-17H,3-5,8-9,11-12H2,1-2H3. The summed E-state index contributed by atoms with van der Waals surface area (Å²) in [5.74, 6) is 0.336. The van der Waals surface area contributed by atoms with Gasteiger partial charge < -0.3 is 5.32 Å². The van der Waals surface area contributed by atoms with Crippen molar-refractivity contribution in [2.75, 3.05) is 12.3 Å². The molecule has 0 aromatic carbocycles. The molecule has 1 aromatic heterocycles. The zero-order valence-corrected chi connectivity index (χ0v) is 13.8. The molecule has 2 rings (SSSR count). The van der Waals surface area contributed by atoms with Crippen LogP contribution >= 0.6 is 0 Å². The van der Waals surface area contributed by atoms with E-state index in [1.165, 1.54) is 0 Å². The summed E-state index contributed by atoms with van der Waals surface area (Å²) in [5.41, 5.74) is 2.14. The lowest BCUT2D eigenvalue weighted by molar-refractivity contribution is 0.430. The van der Waals surface area contributed by atoms with Crippen LogP contribution in [-0.2, 0) is 16.3 Å². The normalized spacial score (nSPS) is 22.9. The van der Waals surface area contributed by atoms with Gasteiger partial charge in [-0.2, -0.15) is 0 Å². The average Bonchev–Trinajstić information content (AvgIpc) is 2.45. The highest BCUT2D eigenvalue weighted by Gasteiger charge is 2.35. The summed E-state index contributed by atoms with van der Waals surface area (Å²) in [4.78, 5) is 4.43. The topological polar surface area (TPSA) is 59.1 Å². The first-order valence-electron chi connectivity index (χ1n) is 7.90. The number of hydrogen-bond acceptors (Lipinski definition) is 4. The number of aryl methyl sites for hydroxylation is 1. The van der Waals surface area contributed by atoms with Crippen molar-refractivity contribution in [3.8, 4) is 0 Å². The van der Waals surface area contributed by atoms with E-state index in [0.717, 1.165) is 43.5 Å². The van der Waals surface area contributed by atoms with Gasteiger partial charge in [-0.1, -0.05) is 19.4 Å². The molecule has 1 aliphatic heterocycles. The molecule has 4 nitrogen and oxygen atoms in total. The molecular formula is C16H26N2O2S. The van der Waals surface area contributed by atoms with Crippen molar-refractivity contribution in [3.05, 3.63) is 29.6 Å². The fourth-order valence-electron chi connectivity index (χ4n) is 3.04. The highest BCUT2D eigenvalue weighted by molar-refractivity contribution is 7.92. The highest BCUT2D eigenvalue weighted by Crippen LogP contribution is 2.24. The Bertz CT molecular complexity index is 557. The summed E-state index contributed by atoms with van der Waals surface area (Å²) in [6.45, 7) is 4.99. The van der Waals surface area contributed by atoms with E-state index in [1.807, 2.05) is 19.1 Å². The number of pyridine rings is 1. The molecule has 0 spiro atoms. The summed E-state index contributed by atoms with van der Waals surface area (Å²) >= 11 is 0. The van der Waals surface area contributed by atoms with Gasteiger partial charge in [0.15, 0.2) is 9.84 Å². The maximum Gasteiger partial charge on any atom is 0.154 e. The highest BCUT2D eigenvalue weighted by atomic mass is 32.2. The lowest BCUT2D eigenvalue weighted by Crippen LogP contribution is -2.48. The number of nitrogens with zero attached hydrogens (tertiary/aromatic N) is 1. The number of hydrogen-bond donors (Lipinski definition) is 1. The van der Waals surface area contributed by atoms with Crippen molar-refractivity contribution < 1.29 is 8.42 Å². The molecule has 2 unspecified atom stereocenters. The van der Waals surface area contributed by atoms with Crippen molar-refractivity contribution in [2.24, 2.45) is 0 Å². The first-order valence-corrected chi connectivity index (χ1v) is 9.61. The van der Waals surface area contributed by atoms with Crippen LogP contribution in [0.2, 0.25) is 0 Å². The van der Waals surface area contributed by atoms with Crippen molar-refractivity contribution in [2.45, 2.75) is 57.2 Å². The third kappa shape index (κ3) is 4.27. The van der Waals surface area contributed by atoms with E-state index in [2.05, 4.69) is 17.2 Å². The molecule has 2 heterocycles. The SMILES string of the molecule is CCCNC(Cc1ncccc1C)C1CCCCS1(=O)=O. The van der Waals surface area contributed by atoms with Gasteiger partial charge in [-0.05, 0) is 44.4 Å². The van der Waals surface area contributed by atoms with E-state index < -0.39 is 9.84 Å².